The van der Waals surface area contributed by atoms with E-state index in [9.17, 15) is 22.8 Å². The van der Waals surface area contributed by atoms with E-state index in [4.69, 9.17) is 0 Å². The van der Waals surface area contributed by atoms with E-state index < -0.39 is 23.6 Å². The van der Waals surface area contributed by atoms with Crippen LogP contribution >= 0.6 is 0 Å². The maximum absolute atomic E-state index is 12.7. The largest absolute Gasteiger partial charge is 0.417 e. The first-order valence-corrected chi connectivity index (χ1v) is 6.02. The summed E-state index contributed by atoms with van der Waals surface area (Å²) in [7, 11) is 0. The predicted molar refractivity (Wildman–Crippen MR) is 70.5 cm³/mol. The summed E-state index contributed by atoms with van der Waals surface area (Å²) in [6.45, 7) is 3.32. The highest BCUT2D eigenvalue weighted by Gasteiger charge is 2.32. The Labute approximate surface area is 119 Å². The zero-order valence-electron chi connectivity index (χ0n) is 11.4. The standard InChI is InChI=1S/C13H14F3N3O2/c1-8(2)18-11(20)12(21)19-17-7-9-5-3-4-6-10(9)13(14,15)16/h3-8H,1-2H3,(H,18,20)(H,19,21)/b17-7+. The minimum atomic E-state index is -4.53. The van der Waals surface area contributed by atoms with Gasteiger partial charge in [0.2, 0.25) is 0 Å². The molecular weight excluding hydrogens is 287 g/mol. The lowest BCUT2D eigenvalue weighted by atomic mass is 10.1. The summed E-state index contributed by atoms with van der Waals surface area (Å²) in [6, 6.07) is 4.51. The van der Waals surface area contributed by atoms with Gasteiger partial charge in [0.25, 0.3) is 0 Å². The molecule has 114 valence electrons. The van der Waals surface area contributed by atoms with Gasteiger partial charge in [-0.3, -0.25) is 9.59 Å². The fourth-order valence-corrected chi connectivity index (χ4v) is 1.41. The van der Waals surface area contributed by atoms with E-state index in [0.29, 0.717) is 0 Å². The van der Waals surface area contributed by atoms with Gasteiger partial charge in [-0.2, -0.15) is 18.3 Å². The third kappa shape index (κ3) is 5.25. The monoisotopic (exact) mass is 301 g/mol. The highest BCUT2D eigenvalue weighted by atomic mass is 19.4. The molecule has 0 heterocycles. The minimum Gasteiger partial charge on any atom is -0.346 e. The van der Waals surface area contributed by atoms with Gasteiger partial charge in [0.15, 0.2) is 0 Å². The van der Waals surface area contributed by atoms with Gasteiger partial charge in [-0.25, -0.2) is 5.43 Å². The van der Waals surface area contributed by atoms with E-state index in [1.807, 2.05) is 5.43 Å². The van der Waals surface area contributed by atoms with Crippen molar-refractivity contribution in [2.24, 2.45) is 5.10 Å². The highest BCUT2D eigenvalue weighted by molar-refractivity contribution is 6.35. The van der Waals surface area contributed by atoms with Crippen LogP contribution in [-0.2, 0) is 15.8 Å². The zero-order valence-corrected chi connectivity index (χ0v) is 11.4. The number of halogens is 3. The molecule has 0 saturated heterocycles. The molecule has 0 bridgehead atoms. The summed E-state index contributed by atoms with van der Waals surface area (Å²) >= 11 is 0. The molecule has 5 nitrogen and oxygen atoms in total. The van der Waals surface area contributed by atoms with Crippen LogP contribution in [0.2, 0.25) is 0 Å². The number of amides is 2. The first-order valence-electron chi connectivity index (χ1n) is 6.02. The van der Waals surface area contributed by atoms with E-state index in [0.717, 1.165) is 12.3 Å². The number of nitrogens with zero attached hydrogens (tertiary/aromatic N) is 1. The molecule has 0 atom stereocenters. The molecule has 2 amide bonds. The molecule has 1 rings (SSSR count). The van der Waals surface area contributed by atoms with Crippen LogP contribution in [0.3, 0.4) is 0 Å². The summed E-state index contributed by atoms with van der Waals surface area (Å²) in [5.41, 5.74) is 0.773. The van der Waals surface area contributed by atoms with E-state index >= 15 is 0 Å². The highest BCUT2D eigenvalue weighted by Crippen LogP contribution is 2.30. The van der Waals surface area contributed by atoms with Crippen molar-refractivity contribution < 1.29 is 22.8 Å². The van der Waals surface area contributed by atoms with Crippen LogP contribution < -0.4 is 10.7 Å². The fourth-order valence-electron chi connectivity index (χ4n) is 1.41. The maximum atomic E-state index is 12.7. The first kappa shape index (κ1) is 16.7. The summed E-state index contributed by atoms with van der Waals surface area (Å²) in [5.74, 6) is -1.96. The minimum absolute atomic E-state index is 0.213. The molecule has 1 aromatic carbocycles. The molecule has 0 unspecified atom stereocenters. The second kappa shape index (κ2) is 6.87. The van der Waals surface area contributed by atoms with Crippen LogP contribution in [0.25, 0.3) is 0 Å². The van der Waals surface area contributed by atoms with Crippen LogP contribution in [0.4, 0.5) is 13.2 Å². The number of benzene rings is 1. The zero-order chi connectivity index (χ0) is 16.0. The maximum Gasteiger partial charge on any atom is 0.417 e. The van der Waals surface area contributed by atoms with Crippen molar-refractivity contribution in [1.82, 2.24) is 10.7 Å². The Morgan fingerprint density at radius 1 is 1.19 bits per heavy atom. The van der Waals surface area contributed by atoms with E-state index in [1.165, 1.54) is 18.2 Å². The van der Waals surface area contributed by atoms with Gasteiger partial charge in [-0.05, 0) is 19.9 Å². The molecule has 0 aliphatic carbocycles. The Hall–Kier alpha value is -2.38. The molecule has 0 spiro atoms. The number of alkyl halides is 3. The molecule has 0 aromatic heterocycles. The number of hydrazone groups is 1. The molecule has 0 aliphatic heterocycles. The van der Waals surface area contributed by atoms with Crippen molar-refractivity contribution in [2.75, 3.05) is 0 Å². The normalized spacial score (nSPS) is 11.7. The topological polar surface area (TPSA) is 70.6 Å². The molecule has 8 heteroatoms. The van der Waals surface area contributed by atoms with Crippen molar-refractivity contribution >= 4 is 18.0 Å². The average molecular weight is 301 g/mol. The van der Waals surface area contributed by atoms with Gasteiger partial charge < -0.3 is 5.32 Å². The molecule has 0 aliphatic rings. The van der Waals surface area contributed by atoms with Gasteiger partial charge >= 0.3 is 18.0 Å². The number of hydrogen-bond donors (Lipinski definition) is 2. The molecule has 2 N–H and O–H groups in total. The molecular formula is C13H14F3N3O2. The Bertz CT molecular complexity index is 554. The van der Waals surface area contributed by atoms with Gasteiger partial charge in [0, 0.05) is 11.6 Å². The average Bonchev–Trinajstić information content (AvgIpc) is 2.37. The molecule has 0 fully saturated rings. The lowest BCUT2D eigenvalue weighted by Crippen LogP contribution is -2.41. The van der Waals surface area contributed by atoms with Crippen LogP contribution in [0.15, 0.2) is 29.4 Å². The lowest BCUT2D eigenvalue weighted by molar-refractivity contribution is -0.139. The first-order chi connectivity index (χ1) is 9.71. The Morgan fingerprint density at radius 2 is 1.81 bits per heavy atom. The lowest BCUT2D eigenvalue weighted by Gasteiger charge is -2.09. The second-order valence-electron chi connectivity index (χ2n) is 4.41. The van der Waals surface area contributed by atoms with Crippen LogP contribution in [-0.4, -0.2) is 24.1 Å². The summed E-state index contributed by atoms with van der Waals surface area (Å²) in [5, 5.41) is 5.68. The van der Waals surface area contributed by atoms with Gasteiger partial charge in [0.1, 0.15) is 0 Å². The number of nitrogens with one attached hydrogen (secondary N) is 2. The van der Waals surface area contributed by atoms with Crippen molar-refractivity contribution in [3.63, 3.8) is 0 Å². The van der Waals surface area contributed by atoms with E-state index in [-0.39, 0.29) is 11.6 Å². The SMILES string of the molecule is CC(C)NC(=O)C(=O)N/N=C/c1ccccc1C(F)(F)F. The van der Waals surface area contributed by atoms with Crippen molar-refractivity contribution in [3.8, 4) is 0 Å². The van der Waals surface area contributed by atoms with E-state index in [1.54, 1.807) is 13.8 Å². The number of carbonyl (C=O) groups excluding carboxylic acids is 2. The van der Waals surface area contributed by atoms with Crippen LogP contribution in [0.1, 0.15) is 25.0 Å². The van der Waals surface area contributed by atoms with E-state index in [2.05, 4.69) is 10.4 Å². The fraction of sp³-hybridized carbons (Fsp3) is 0.308. The number of rotatable bonds is 3. The van der Waals surface area contributed by atoms with Crippen molar-refractivity contribution in [1.29, 1.82) is 0 Å². The number of carbonyl (C=O) groups is 2. The third-order valence-electron chi connectivity index (χ3n) is 2.26. The quantitative estimate of drug-likeness (QED) is 0.506. The Balaban J connectivity index is 2.75. The molecule has 1 aromatic rings. The second-order valence-corrected chi connectivity index (χ2v) is 4.41. The van der Waals surface area contributed by atoms with Gasteiger partial charge in [-0.15, -0.1) is 0 Å². The Kier molecular flexibility index (Phi) is 5.45. The molecule has 21 heavy (non-hydrogen) atoms. The van der Waals surface area contributed by atoms with Gasteiger partial charge in [0.05, 0.1) is 11.8 Å². The van der Waals surface area contributed by atoms with Crippen molar-refractivity contribution in [2.45, 2.75) is 26.1 Å². The number of hydrogen-bond acceptors (Lipinski definition) is 3. The Morgan fingerprint density at radius 3 is 2.38 bits per heavy atom. The van der Waals surface area contributed by atoms with Crippen molar-refractivity contribution in [3.05, 3.63) is 35.4 Å². The summed E-state index contributed by atoms with van der Waals surface area (Å²) < 4.78 is 38.1. The summed E-state index contributed by atoms with van der Waals surface area (Å²) in [6.07, 6.45) is -3.69. The summed E-state index contributed by atoms with van der Waals surface area (Å²) in [4.78, 5) is 22.5. The van der Waals surface area contributed by atoms with Crippen LogP contribution in [0.5, 0.6) is 0 Å². The van der Waals surface area contributed by atoms with Crippen LogP contribution in [0, 0.1) is 0 Å². The predicted octanol–water partition coefficient (Wildman–Crippen LogP) is 1.68. The third-order valence-corrected chi connectivity index (χ3v) is 2.26. The molecule has 0 radical (unpaired) electrons. The smallest absolute Gasteiger partial charge is 0.346 e. The van der Waals surface area contributed by atoms with Gasteiger partial charge in [-0.1, -0.05) is 18.2 Å². The molecule has 0 saturated carbocycles.